The predicted octanol–water partition coefficient (Wildman–Crippen LogP) is 3.09. The van der Waals surface area contributed by atoms with Crippen molar-refractivity contribution in [2.24, 2.45) is 0 Å². The first-order valence-corrected chi connectivity index (χ1v) is 4.33. The van der Waals surface area contributed by atoms with E-state index in [9.17, 15) is 0 Å². The summed E-state index contributed by atoms with van der Waals surface area (Å²) in [5.74, 6) is 0.0798. The first-order chi connectivity index (χ1) is 5.88. The van der Waals surface area contributed by atoms with Crippen LogP contribution in [-0.2, 0) is 0 Å². The van der Waals surface area contributed by atoms with Gasteiger partial charge < -0.3 is 0 Å². The smallest absolute Gasteiger partial charge is 0.0712 e. The van der Waals surface area contributed by atoms with Crippen molar-refractivity contribution in [3.05, 3.63) is 35.9 Å². The van der Waals surface area contributed by atoms with E-state index in [1.54, 1.807) is 0 Å². The number of hydrogen-bond acceptors (Lipinski definition) is 1. The Labute approximate surface area is 73.6 Å². The van der Waals surface area contributed by atoms with Crippen LogP contribution in [0.3, 0.4) is 0 Å². The van der Waals surface area contributed by atoms with Crippen molar-refractivity contribution in [2.45, 2.75) is 25.7 Å². The number of benzene rings is 1. The Bertz CT molecular complexity index is 258. The second-order valence-corrected chi connectivity index (χ2v) is 2.88. The first kappa shape index (κ1) is 8.80. The van der Waals surface area contributed by atoms with Gasteiger partial charge in [-0.3, -0.25) is 0 Å². The third kappa shape index (κ3) is 2.10. The highest BCUT2D eigenvalue weighted by molar-refractivity contribution is 5.24. The minimum absolute atomic E-state index is 0.0798. The van der Waals surface area contributed by atoms with E-state index in [1.807, 2.05) is 30.3 Å². The van der Waals surface area contributed by atoms with Crippen LogP contribution >= 0.6 is 0 Å². The summed E-state index contributed by atoms with van der Waals surface area (Å²) in [5.41, 5.74) is 1.14. The topological polar surface area (TPSA) is 23.8 Å². The van der Waals surface area contributed by atoms with Gasteiger partial charge in [0.25, 0.3) is 0 Å². The molecule has 1 nitrogen and oxygen atoms in total. The van der Waals surface area contributed by atoms with Crippen molar-refractivity contribution in [1.82, 2.24) is 0 Å². The van der Waals surface area contributed by atoms with Gasteiger partial charge in [-0.1, -0.05) is 43.7 Å². The fourth-order valence-corrected chi connectivity index (χ4v) is 1.28. The second kappa shape index (κ2) is 4.56. The molecule has 0 fully saturated rings. The molecule has 1 rings (SSSR count). The quantitative estimate of drug-likeness (QED) is 0.664. The molecule has 0 unspecified atom stereocenters. The Hall–Kier alpha value is -1.29. The zero-order chi connectivity index (χ0) is 8.81. The van der Waals surface area contributed by atoms with Gasteiger partial charge in [-0.15, -0.1) is 0 Å². The Balaban J connectivity index is 2.75. The van der Waals surface area contributed by atoms with Gasteiger partial charge >= 0.3 is 0 Å². The molecule has 0 aliphatic carbocycles. The molecule has 0 bridgehead atoms. The van der Waals surface area contributed by atoms with Crippen molar-refractivity contribution in [3.63, 3.8) is 0 Å². The van der Waals surface area contributed by atoms with E-state index in [0.29, 0.717) is 0 Å². The van der Waals surface area contributed by atoms with Crippen LogP contribution in [0.1, 0.15) is 31.2 Å². The number of hydrogen-bond donors (Lipinski definition) is 0. The van der Waals surface area contributed by atoms with Crippen LogP contribution in [0.2, 0.25) is 0 Å². The Morgan fingerprint density at radius 1 is 1.33 bits per heavy atom. The van der Waals surface area contributed by atoms with Gasteiger partial charge in [-0.25, -0.2) is 0 Å². The summed E-state index contributed by atoms with van der Waals surface area (Å²) in [7, 11) is 0. The summed E-state index contributed by atoms with van der Waals surface area (Å²) in [6.45, 7) is 2.10. The number of rotatable bonds is 3. The van der Waals surface area contributed by atoms with Crippen LogP contribution in [0.4, 0.5) is 0 Å². The van der Waals surface area contributed by atoms with Crippen LogP contribution in [0.15, 0.2) is 30.3 Å². The maximum atomic E-state index is 8.86. The highest BCUT2D eigenvalue weighted by atomic mass is 14.3. The molecule has 1 aromatic carbocycles. The van der Waals surface area contributed by atoms with E-state index >= 15 is 0 Å². The lowest BCUT2D eigenvalue weighted by Crippen LogP contribution is -1.93. The summed E-state index contributed by atoms with van der Waals surface area (Å²) in [4.78, 5) is 0. The van der Waals surface area contributed by atoms with E-state index in [-0.39, 0.29) is 5.92 Å². The molecule has 62 valence electrons. The van der Waals surface area contributed by atoms with Gasteiger partial charge in [0.15, 0.2) is 0 Å². The molecule has 0 aliphatic heterocycles. The van der Waals surface area contributed by atoms with Crippen molar-refractivity contribution < 1.29 is 0 Å². The van der Waals surface area contributed by atoms with Gasteiger partial charge in [-0.2, -0.15) is 5.26 Å². The predicted molar refractivity (Wildman–Crippen MR) is 49.7 cm³/mol. The van der Waals surface area contributed by atoms with E-state index in [2.05, 4.69) is 13.0 Å². The number of nitrogens with zero attached hydrogens (tertiary/aromatic N) is 1. The Kier molecular flexibility index (Phi) is 3.35. The van der Waals surface area contributed by atoms with Gasteiger partial charge in [-0.05, 0) is 12.0 Å². The third-order valence-electron chi connectivity index (χ3n) is 1.94. The average Bonchev–Trinajstić information content (AvgIpc) is 2.15. The number of nitriles is 1. The van der Waals surface area contributed by atoms with Gasteiger partial charge in [0, 0.05) is 0 Å². The summed E-state index contributed by atoms with van der Waals surface area (Å²) < 4.78 is 0. The van der Waals surface area contributed by atoms with Crippen molar-refractivity contribution in [1.29, 1.82) is 5.26 Å². The third-order valence-corrected chi connectivity index (χ3v) is 1.94. The normalized spacial score (nSPS) is 12.0. The van der Waals surface area contributed by atoms with Crippen molar-refractivity contribution >= 4 is 0 Å². The minimum atomic E-state index is 0.0798. The fourth-order valence-electron chi connectivity index (χ4n) is 1.28. The van der Waals surface area contributed by atoms with Gasteiger partial charge in [0.1, 0.15) is 0 Å². The van der Waals surface area contributed by atoms with E-state index in [4.69, 9.17) is 5.26 Å². The zero-order valence-corrected chi connectivity index (χ0v) is 7.33. The zero-order valence-electron chi connectivity index (χ0n) is 7.33. The molecule has 0 spiro atoms. The van der Waals surface area contributed by atoms with E-state index in [0.717, 1.165) is 18.4 Å². The van der Waals surface area contributed by atoms with E-state index < -0.39 is 0 Å². The van der Waals surface area contributed by atoms with Crippen molar-refractivity contribution in [2.75, 3.05) is 0 Å². The Morgan fingerprint density at radius 2 is 2.00 bits per heavy atom. The molecule has 0 radical (unpaired) electrons. The molecule has 0 aromatic heterocycles. The highest BCUT2D eigenvalue weighted by Gasteiger charge is 2.07. The molecular weight excluding hydrogens is 146 g/mol. The summed E-state index contributed by atoms with van der Waals surface area (Å²) >= 11 is 0. The summed E-state index contributed by atoms with van der Waals surface area (Å²) in [5, 5.41) is 8.86. The summed E-state index contributed by atoms with van der Waals surface area (Å²) in [6.07, 6.45) is 2.02. The molecule has 12 heavy (non-hydrogen) atoms. The molecule has 1 heteroatoms. The van der Waals surface area contributed by atoms with Crippen LogP contribution in [0.5, 0.6) is 0 Å². The van der Waals surface area contributed by atoms with E-state index in [1.165, 1.54) is 0 Å². The summed E-state index contributed by atoms with van der Waals surface area (Å²) in [6, 6.07) is 12.3. The molecule has 1 atom stereocenters. The largest absolute Gasteiger partial charge is 0.198 e. The first-order valence-electron chi connectivity index (χ1n) is 4.33. The van der Waals surface area contributed by atoms with Crippen molar-refractivity contribution in [3.8, 4) is 6.07 Å². The molecule has 0 heterocycles. The van der Waals surface area contributed by atoms with Crippen LogP contribution in [-0.4, -0.2) is 0 Å². The molecule has 0 saturated heterocycles. The second-order valence-electron chi connectivity index (χ2n) is 2.88. The minimum Gasteiger partial charge on any atom is -0.198 e. The maximum absolute atomic E-state index is 8.86. The molecule has 0 N–H and O–H groups in total. The SMILES string of the molecule is CCC[C@H](C#N)c1ccccc1. The fraction of sp³-hybridized carbons (Fsp3) is 0.364. The average molecular weight is 159 g/mol. The molecule has 0 saturated carbocycles. The molecule has 1 aromatic rings. The maximum Gasteiger partial charge on any atom is 0.0712 e. The molecule has 0 amide bonds. The lowest BCUT2D eigenvalue weighted by molar-refractivity contribution is 0.727. The Morgan fingerprint density at radius 3 is 2.50 bits per heavy atom. The van der Waals surface area contributed by atoms with Crippen LogP contribution in [0.25, 0.3) is 0 Å². The highest BCUT2D eigenvalue weighted by Crippen LogP contribution is 2.19. The lowest BCUT2D eigenvalue weighted by Gasteiger charge is -2.06. The molecule has 0 aliphatic rings. The van der Waals surface area contributed by atoms with Crippen LogP contribution in [0, 0.1) is 11.3 Å². The van der Waals surface area contributed by atoms with Gasteiger partial charge in [0.05, 0.1) is 12.0 Å². The standard InChI is InChI=1S/C11H13N/c1-2-6-11(9-12)10-7-4-3-5-8-10/h3-5,7-8,11H,2,6H2,1H3/t11-/m1/s1. The molecular formula is C11H13N. The van der Waals surface area contributed by atoms with Gasteiger partial charge in [0.2, 0.25) is 0 Å². The lowest BCUT2D eigenvalue weighted by atomic mass is 9.96. The van der Waals surface area contributed by atoms with Crippen LogP contribution < -0.4 is 0 Å². The monoisotopic (exact) mass is 159 g/mol.